The SMILES string of the molecule is Brc1csc(CN2CCc3nc(-c4cncnc4)ncc3C2)c1. The van der Waals surface area contributed by atoms with E-state index in [2.05, 4.69) is 47.2 Å². The maximum Gasteiger partial charge on any atom is 0.162 e. The van der Waals surface area contributed by atoms with Gasteiger partial charge in [0.05, 0.1) is 11.3 Å². The van der Waals surface area contributed by atoms with Crippen LogP contribution in [0.2, 0.25) is 0 Å². The second-order valence-corrected chi connectivity index (χ2v) is 7.40. The molecule has 1 aliphatic rings. The van der Waals surface area contributed by atoms with Crippen molar-refractivity contribution in [3.63, 3.8) is 0 Å². The van der Waals surface area contributed by atoms with Crippen molar-refractivity contribution in [3.05, 3.63) is 57.0 Å². The molecule has 5 nitrogen and oxygen atoms in total. The molecule has 4 heterocycles. The van der Waals surface area contributed by atoms with Crippen LogP contribution in [0.25, 0.3) is 11.4 Å². The fourth-order valence-electron chi connectivity index (χ4n) is 2.72. The minimum absolute atomic E-state index is 0.708. The Morgan fingerprint density at radius 2 is 2.09 bits per heavy atom. The van der Waals surface area contributed by atoms with Crippen LogP contribution in [0.5, 0.6) is 0 Å². The summed E-state index contributed by atoms with van der Waals surface area (Å²) in [5, 5.41) is 2.13. The van der Waals surface area contributed by atoms with Crippen LogP contribution in [0, 0.1) is 0 Å². The normalized spacial score (nSPS) is 14.7. The lowest BCUT2D eigenvalue weighted by Crippen LogP contribution is -2.30. The van der Waals surface area contributed by atoms with Gasteiger partial charge in [0.2, 0.25) is 0 Å². The fourth-order valence-corrected chi connectivity index (χ4v) is 4.21. The van der Waals surface area contributed by atoms with E-state index in [9.17, 15) is 0 Å². The molecular formula is C16H14BrN5S. The summed E-state index contributed by atoms with van der Waals surface area (Å²) >= 11 is 5.31. The summed E-state index contributed by atoms with van der Waals surface area (Å²) in [5.74, 6) is 0.708. The number of hydrogen-bond acceptors (Lipinski definition) is 6. The number of hydrogen-bond donors (Lipinski definition) is 0. The van der Waals surface area contributed by atoms with Gasteiger partial charge in [-0.15, -0.1) is 11.3 Å². The van der Waals surface area contributed by atoms with Gasteiger partial charge in [-0.25, -0.2) is 19.9 Å². The Hall–Kier alpha value is -1.70. The molecule has 3 aromatic rings. The Morgan fingerprint density at radius 1 is 1.22 bits per heavy atom. The Bertz CT molecular complexity index is 820. The van der Waals surface area contributed by atoms with E-state index in [-0.39, 0.29) is 0 Å². The number of rotatable bonds is 3. The molecule has 3 aromatic heterocycles. The largest absolute Gasteiger partial charge is 0.293 e. The van der Waals surface area contributed by atoms with E-state index in [4.69, 9.17) is 4.98 Å². The van der Waals surface area contributed by atoms with Gasteiger partial charge in [-0.2, -0.15) is 0 Å². The lowest BCUT2D eigenvalue weighted by molar-refractivity contribution is 0.245. The van der Waals surface area contributed by atoms with Crippen molar-refractivity contribution in [2.24, 2.45) is 0 Å². The molecule has 0 N–H and O–H groups in total. The van der Waals surface area contributed by atoms with E-state index in [1.54, 1.807) is 23.7 Å². The molecule has 0 aliphatic carbocycles. The zero-order chi connectivity index (χ0) is 15.6. The zero-order valence-electron chi connectivity index (χ0n) is 12.3. The third-order valence-electron chi connectivity index (χ3n) is 3.83. The minimum atomic E-state index is 0.708. The molecule has 0 fully saturated rings. The second-order valence-electron chi connectivity index (χ2n) is 5.48. The summed E-state index contributed by atoms with van der Waals surface area (Å²) in [6.07, 6.45) is 7.91. The van der Waals surface area contributed by atoms with Gasteiger partial charge >= 0.3 is 0 Å². The molecule has 0 radical (unpaired) electrons. The van der Waals surface area contributed by atoms with Crippen molar-refractivity contribution in [3.8, 4) is 11.4 Å². The maximum absolute atomic E-state index is 4.71. The lowest BCUT2D eigenvalue weighted by Gasteiger charge is -2.27. The molecule has 7 heteroatoms. The topological polar surface area (TPSA) is 54.8 Å². The summed E-state index contributed by atoms with van der Waals surface area (Å²) in [7, 11) is 0. The Kier molecular flexibility index (Phi) is 4.15. The number of nitrogens with zero attached hydrogens (tertiary/aromatic N) is 5. The maximum atomic E-state index is 4.71. The average molecular weight is 388 g/mol. The molecule has 116 valence electrons. The average Bonchev–Trinajstić information content (AvgIpc) is 3.00. The van der Waals surface area contributed by atoms with Crippen LogP contribution < -0.4 is 0 Å². The molecule has 0 unspecified atom stereocenters. The summed E-state index contributed by atoms with van der Waals surface area (Å²) in [6, 6.07) is 2.19. The van der Waals surface area contributed by atoms with Gasteiger partial charge in [0, 0.05) is 64.9 Å². The van der Waals surface area contributed by atoms with Crippen LogP contribution in [0.3, 0.4) is 0 Å². The third kappa shape index (κ3) is 3.31. The Labute approximate surface area is 146 Å². The van der Waals surface area contributed by atoms with E-state index < -0.39 is 0 Å². The van der Waals surface area contributed by atoms with Crippen molar-refractivity contribution in [1.29, 1.82) is 0 Å². The quantitative estimate of drug-likeness (QED) is 0.689. The predicted octanol–water partition coefficient (Wildman–Crippen LogP) is 3.32. The highest BCUT2D eigenvalue weighted by atomic mass is 79.9. The monoisotopic (exact) mass is 387 g/mol. The number of fused-ring (bicyclic) bond motifs is 1. The van der Waals surface area contributed by atoms with Gasteiger partial charge in [0.1, 0.15) is 6.33 Å². The van der Waals surface area contributed by atoms with Crippen LogP contribution in [0.1, 0.15) is 16.1 Å². The summed E-state index contributed by atoms with van der Waals surface area (Å²) in [6.45, 7) is 2.89. The molecule has 0 amide bonds. The fraction of sp³-hybridized carbons (Fsp3) is 0.250. The van der Waals surface area contributed by atoms with Gasteiger partial charge in [0.25, 0.3) is 0 Å². The first-order valence-corrected chi connectivity index (χ1v) is 9.00. The molecule has 23 heavy (non-hydrogen) atoms. The van der Waals surface area contributed by atoms with Crippen molar-refractivity contribution in [2.45, 2.75) is 19.5 Å². The van der Waals surface area contributed by atoms with Crippen molar-refractivity contribution < 1.29 is 0 Å². The number of aromatic nitrogens is 4. The molecule has 0 saturated heterocycles. The van der Waals surface area contributed by atoms with E-state index in [0.29, 0.717) is 5.82 Å². The van der Waals surface area contributed by atoms with Gasteiger partial charge in [-0.1, -0.05) is 0 Å². The standard InChI is InChI=1S/C16H14BrN5S/c17-13-3-14(23-9-13)8-22-2-1-15-12(7-22)6-20-16(21-15)11-4-18-10-19-5-11/h3-6,9-10H,1-2,7-8H2. The van der Waals surface area contributed by atoms with Gasteiger partial charge in [-0.05, 0) is 22.0 Å². The van der Waals surface area contributed by atoms with Gasteiger partial charge in [0.15, 0.2) is 5.82 Å². The summed E-state index contributed by atoms with van der Waals surface area (Å²) < 4.78 is 1.16. The van der Waals surface area contributed by atoms with E-state index in [0.717, 1.165) is 41.8 Å². The third-order valence-corrected chi connectivity index (χ3v) is 5.52. The molecule has 0 bridgehead atoms. The van der Waals surface area contributed by atoms with Crippen LogP contribution in [0.15, 0.2) is 40.8 Å². The van der Waals surface area contributed by atoms with E-state index >= 15 is 0 Å². The number of thiophene rings is 1. The summed E-state index contributed by atoms with van der Waals surface area (Å²) in [4.78, 5) is 21.1. The molecule has 0 atom stereocenters. The molecule has 0 saturated carbocycles. The molecule has 0 spiro atoms. The molecule has 1 aliphatic heterocycles. The molecular weight excluding hydrogens is 374 g/mol. The first kappa shape index (κ1) is 14.9. The lowest BCUT2D eigenvalue weighted by atomic mass is 10.1. The first-order chi connectivity index (χ1) is 11.3. The first-order valence-electron chi connectivity index (χ1n) is 7.33. The molecule has 0 aromatic carbocycles. The Morgan fingerprint density at radius 3 is 2.87 bits per heavy atom. The van der Waals surface area contributed by atoms with E-state index in [1.165, 1.54) is 16.8 Å². The van der Waals surface area contributed by atoms with Crippen molar-refractivity contribution in [1.82, 2.24) is 24.8 Å². The highest BCUT2D eigenvalue weighted by molar-refractivity contribution is 9.10. The molecule has 4 rings (SSSR count). The van der Waals surface area contributed by atoms with Crippen LogP contribution in [0.4, 0.5) is 0 Å². The van der Waals surface area contributed by atoms with E-state index in [1.807, 2.05) is 6.20 Å². The van der Waals surface area contributed by atoms with Crippen LogP contribution in [-0.2, 0) is 19.5 Å². The summed E-state index contributed by atoms with van der Waals surface area (Å²) in [5.41, 5.74) is 3.22. The highest BCUT2D eigenvalue weighted by Gasteiger charge is 2.19. The minimum Gasteiger partial charge on any atom is -0.293 e. The smallest absolute Gasteiger partial charge is 0.162 e. The van der Waals surface area contributed by atoms with Crippen LogP contribution >= 0.6 is 27.3 Å². The van der Waals surface area contributed by atoms with Gasteiger partial charge in [-0.3, -0.25) is 4.90 Å². The van der Waals surface area contributed by atoms with Crippen molar-refractivity contribution in [2.75, 3.05) is 6.54 Å². The van der Waals surface area contributed by atoms with Gasteiger partial charge < -0.3 is 0 Å². The second kappa shape index (κ2) is 6.43. The van der Waals surface area contributed by atoms with Crippen LogP contribution in [-0.4, -0.2) is 31.4 Å². The van der Waals surface area contributed by atoms with Crippen molar-refractivity contribution >= 4 is 27.3 Å². The highest BCUT2D eigenvalue weighted by Crippen LogP contribution is 2.25. The Balaban J connectivity index is 1.52. The predicted molar refractivity (Wildman–Crippen MR) is 92.9 cm³/mol. The number of halogens is 1. The zero-order valence-corrected chi connectivity index (χ0v) is 14.7.